The van der Waals surface area contributed by atoms with Crippen molar-refractivity contribution in [2.75, 3.05) is 46.3 Å². The van der Waals surface area contributed by atoms with Gasteiger partial charge in [0.15, 0.2) is 11.5 Å². The van der Waals surface area contributed by atoms with Crippen LogP contribution in [-0.2, 0) is 4.79 Å². The molecule has 2 aliphatic heterocycles. The zero-order valence-corrected chi connectivity index (χ0v) is 14.7. The molecule has 0 bridgehead atoms. The van der Waals surface area contributed by atoms with Gasteiger partial charge in [-0.25, -0.2) is 9.59 Å². The van der Waals surface area contributed by atoms with E-state index in [9.17, 15) is 14.4 Å². The number of likely N-dealkylation sites (tertiary alicyclic amines) is 1. The van der Waals surface area contributed by atoms with Crippen LogP contribution in [0, 0.1) is 0 Å². The van der Waals surface area contributed by atoms with Crippen molar-refractivity contribution in [3.8, 4) is 17.2 Å². The minimum absolute atomic E-state index is 0.00691. The molecule has 0 radical (unpaired) electrons. The minimum atomic E-state index is -0.412. The third-order valence-corrected chi connectivity index (χ3v) is 4.31. The van der Waals surface area contributed by atoms with E-state index in [1.807, 2.05) is 0 Å². The Hall–Kier alpha value is -3.17. The number of nitrogens with zero attached hydrogens (tertiary/aromatic N) is 2. The molecular weight excluding hydrogens is 344 g/mol. The van der Waals surface area contributed by atoms with Crippen molar-refractivity contribution in [3.05, 3.63) is 12.1 Å². The maximum atomic E-state index is 12.4. The number of anilines is 1. The fraction of sp³-hybridized carbons (Fsp3) is 0.438. The van der Waals surface area contributed by atoms with Gasteiger partial charge in [-0.15, -0.1) is 0 Å². The third-order valence-electron chi connectivity index (χ3n) is 4.31. The SMILES string of the molecule is COc1cc(NC(=O)N2CC(N3C(=O)CNC3=O)C2)cc(OC)c1OC. The van der Waals surface area contributed by atoms with E-state index < -0.39 is 6.03 Å². The lowest BCUT2D eigenvalue weighted by Crippen LogP contribution is -2.63. The topological polar surface area (TPSA) is 109 Å². The summed E-state index contributed by atoms with van der Waals surface area (Å²) in [5.41, 5.74) is 0.475. The Morgan fingerprint density at radius 3 is 2.19 bits per heavy atom. The van der Waals surface area contributed by atoms with Crippen molar-refractivity contribution in [1.29, 1.82) is 0 Å². The molecule has 2 aliphatic rings. The largest absolute Gasteiger partial charge is 0.493 e. The quantitative estimate of drug-likeness (QED) is 0.736. The summed E-state index contributed by atoms with van der Waals surface area (Å²) in [6, 6.07) is 2.19. The van der Waals surface area contributed by atoms with Gasteiger partial charge >= 0.3 is 12.1 Å². The zero-order chi connectivity index (χ0) is 18.8. The van der Waals surface area contributed by atoms with Crippen LogP contribution in [0.2, 0.25) is 0 Å². The van der Waals surface area contributed by atoms with Gasteiger partial charge in [0.2, 0.25) is 11.7 Å². The number of amides is 5. The molecule has 2 fully saturated rings. The highest BCUT2D eigenvalue weighted by molar-refractivity contribution is 6.02. The highest BCUT2D eigenvalue weighted by Crippen LogP contribution is 2.40. The average molecular weight is 364 g/mol. The number of methoxy groups -OCH3 is 3. The Kier molecular flexibility index (Phi) is 4.74. The van der Waals surface area contributed by atoms with Gasteiger partial charge in [0.05, 0.1) is 39.6 Å². The lowest BCUT2D eigenvalue weighted by molar-refractivity contribution is -0.128. The summed E-state index contributed by atoms with van der Waals surface area (Å²) in [5.74, 6) is 0.992. The molecule has 0 aliphatic carbocycles. The molecule has 10 heteroatoms. The number of benzene rings is 1. The summed E-state index contributed by atoms with van der Waals surface area (Å²) in [4.78, 5) is 38.3. The highest BCUT2D eigenvalue weighted by atomic mass is 16.5. The third kappa shape index (κ3) is 3.05. The highest BCUT2D eigenvalue weighted by Gasteiger charge is 2.43. The second-order valence-corrected chi connectivity index (χ2v) is 5.83. The lowest BCUT2D eigenvalue weighted by Gasteiger charge is -2.42. The average Bonchev–Trinajstić information content (AvgIpc) is 2.92. The number of imide groups is 1. The van der Waals surface area contributed by atoms with Gasteiger partial charge in [-0.2, -0.15) is 0 Å². The van der Waals surface area contributed by atoms with E-state index in [0.29, 0.717) is 22.9 Å². The van der Waals surface area contributed by atoms with Crippen LogP contribution < -0.4 is 24.8 Å². The van der Waals surface area contributed by atoms with Crippen LogP contribution in [0.5, 0.6) is 17.2 Å². The van der Waals surface area contributed by atoms with Gasteiger partial charge in [-0.1, -0.05) is 0 Å². The molecule has 2 N–H and O–H groups in total. The molecule has 0 atom stereocenters. The monoisotopic (exact) mass is 364 g/mol. The summed E-state index contributed by atoms with van der Waals surface area (Å²) >= 11 is 0. The lowest BCUT2D eigenvalue weighted by atomic mass is 10.1. The standard InChI is InChI=1S/C16H20N4O6/c1-24-11-4-9(5-12(25-2)14(11)26-3)18-16(23)19-7-10(8-19)20-13(21)6-17-15(20)22/h4-5,10H,6-8H2,1-3H3,(H,17,22)(H,18,23). The molecular formula is C16H20N4O6. The Balaban J connectivity index is 1.64. The van der Waals surface area contributed by atoms with Crippen LogP contribution in [-0.4, -0.2) is 74.8 Å². The molecule has 0 aromatic heterocycles. The van der Waals surface area contributed by atoms with Crippen LogP contribution in [0.15, 0.2) is 12.1 Å². The first-order chi connectivity index (χ1) is 12.5. The molecule has 0 saturated carbocycles. The number of rotatable bonds is 5. The first kappa shape index (κ1) is 17.6. The molecule has 26 heavy (non-hydrogen) atoms. The van der Waals surface area contributed by atoms with Gasteiger partial charge in [0, 0.05) is 25.2 Å². The maximum Gasteiger partial charge on any atom is 0.324 e. The molecule has 3 rings (SSSR count). The molecule has 2 saturated heterocycles. The van der Waals surface area contributed by atoms with Crippen molar-refractivity contribution >= 4 is 23.7 Å². The number of carbonyl (C=O) groups is 3. The van der Waals surface area contributed by atoms with Gasteiger partial charge in [-0.3, -0.25) is 9.69 Å². The van der Waals surface area contributed by atoms with Crippen molar-refractivity contribution in [2.45, 2.75) is 6.04 Å². The van der Waals surface area contributed by atoms with Crippen LogP contribution in [0.3, 0.4) is 0 Å². The summed E-state index contributed by atoms with van der Waals surface area (Å²) < 4.78 is 15.7. The van der Waals surface area contributed by atoms with E-state index in [1.165, 1.54) is 31.1 Å². The summed E-state index contributed by atoms with van der Waals surface area (Å²) in [5, 5.41) is 5.21. The Morgan fingerprint density at radius 1 is 1.12 bits per heavy atom. The molecule has 2 heterocycles. The van der Waals surface area contributed by atoms with Crippen molar-refractivity contribution in [3.63, 3.8) is 0 Å². The normalized spacial score (nSPS) is 16.9. The summed E-state index contributed by atoms with van der Waals surface area (Å²) in [6.07, 6.45) is 0. The fourth-order valence-electron chi connectivity index (χ4n) is 2.94. The number of hydrogen-bond acceptors (Lipinski definition) is 6. The van der Waals surface area contributed by atoms with E-state index in [1.54, 1.807) is 12.1 Å². The number of hydrogen-bond donors (Lipinski definition) is 2. The van der Waals surface area contributed by atoms with E-state index >= 15 is 0 Å². The Bertz CT molecular complexity index is 705. The Morgan fingerprint density at radius 2 is 1.73 bits per heavy atom. The molecule has 10 nitrogen and oxygen atoms in total. The molecule has 5 amide bonds. The molecule has 1 aromatic rings. The van der Waals surface area contributed by atoms with E-state index in [2.05, 4.69) is 10.6 Å². The summed E-state index contributed by atoms with van der Waals surface area (Å²) in [7, 11) is 4.47. The maximum absolute atomic E-state index is 12.4. The number of ether oxygens (including phenoxy) is 3. The van der Waals surface area contributed by atoms with E-state index in [0.717, 1.165) is 0 Å². The van der Waals surface area contributed by atoms with Crippen molar-refractivity contribution in [2.24, 2.45) is 0 Å². The zero-order valence-electron chi connectivity index (χ0n) is 14.7. The van der Waals surface area contributed by atoms with Crippen LogP contribution in [0.4, 0.5) is 15.3 Å². The van der Waals surface area contributed by atoms with Crippen molar-refractivity contribution in [1.82, 2.24) is 15.1 Å². The summed E-state index contributed by atoms with van der Waals surface area (Å²) in [6.45, 7) is 0.581. The first-order valence-electron chi connectivity index (χ1n) is 7.94. The Labute approximate surface area is 150 Å². The van der Waals surface area contributed by atoms with E-state index in [4.69, 9.17) is 14.2 Å². The number of urea groups is 2. The van der Waals surface area contributed by atoms with Gasteiger partial charge in [0.1, 0.15) is 0 Å². The minimum Gasteiger partial charge on any atom is -0.493 e. The van der Waals surface area contributed by atoms with Gasteiger partial charge < -0.3 is 29.7 Å². The van der Waals surface area contributed by atoms with Crippen LogP contribution in [0.25, 0.3) is 0 Å². The number of carbonyl (C=O) groups excluding carboxylic acids is 3. The predicted molar refractivity (Wildman–Crippen MR) is 90.7 cm³/mol. The fourth-order valence-corrected chi connectivity index (χ4v) is 2.94. The predicted octanol–water partition coefficient (Wildman–Crippen LogP) is 0.480. The second kappa shape index (κ2) is 6.98. The van der Waals surface area contributed by atoms with Gasteiger partial charge in [0.25, 0.3) is 0 Å². The molecule has 0 spiro atoms. The molecule has 1 aromatic carbocycles. The van der Waals surface area contributed by atoms with Crippen LogP contribution in [0.1, 0.15) is 0 Å². The second-order valence-electron chi connectivity index (χ2n) is 5.83. The molecule has 140 valence electrons. The van der Waals surface area contributed by atoms with Gasteiger partial charge in [-0.05, 0) is 0 Å². The first-order valence-corrected chi connectivity index (χ1v) is 7.94. The number of nitrogens with one attached hydrogen (secondary N) is 2. The smallest absolute Gasteiger partial charge is 0.324 e. The van der Waals surface area contributed by atoms with E-state index in [-0.39, 0.29) is 37.6 Å². The van der Waals surface area contributed by atoms with Crippen LogP contribution >= 0.6 is 0 Å². The van der Waals surface area contributed by atoms with Crippen molar-refractivity contribution < 1.29 is 28.6 Å². The molecule has 0 unspecified atom stereocenters.